The molecule has 0 saturated heterocycles. The van der Waals surface area contributed by atoms with E-state index in [9.17, 15) is 13.2 Å². The highest BCUT2D eigenvalue weighted by Gasteiger charge is 2.27. The summed E-state index contributed by atoms with van der Waals surface area (Å²) in [5, 5.41) is 0. The Morgan fingerprint density at radius 3 is 2.56 bits per heavy atom. The molecule has 0 saturated carbocycles. The molecule has 1 amide bonds. The van der Waals surface area contributed by atoms with Crippen LogP contribution < -0.4 is 9.46 Å². The van der Waals surface area contributed by atoms with Crippen LogP contribution in [0.3, 0.4) is 0 Å². The molecule has 0 radical (unpaired) electrons. The first-order chi connectivity index (χ1) is 18.6. The monoisotopic (exact) mass is 571 g/mol. The number of carbonyl (C=O) groups is 1. The van der Waals surface area contributed by atoms with E-state index in [4.69, 9.17) is 9.47 Å². The number of aromatic nitrogens is 2. The van der Waals surface area contributed by atoms with Gasteiger partial charge >= 0.3 is 6.09 Å². The smallest absolute Gasteiger partial charge is 0.421 e. The second kappa shape index (κ2) is 12.4. The molecule has 0 bridgehead atoms. The normalized spacial score (nSPS) is 11.5. The largest absolute Gasteiger partial charge is 0.490 e. The standard InChI is InChI=1S/C28H30FN3O5S2/c1-19(2)15-24-17-25(21-9-10-22(26(29)16-21)18-32-12-11-30-20(32)3)27(38-24)39(34,35)31-28(33)37-14-13-36-23-7-5-4-6-8-23/h4-12,16-17,19H,13-15,18H2,1-3H3,(H,31,33). The van der Waals surface area contributed by atoms with Gasteiger partial charge in [-0.2, -0.15) is 0 Å². The third kappa shape index (κ3) is 7.45. The lowest BCUT2D eigenvalue weighted by Crippen LogP contribution is -2.31. The zero-order chi connectivity index (χ0) is 28.0. The molecule has 4 aromatic rings. The summed E-state index contributed by atoms with van der Waals surface area (Å²) in [7, 11) is -4.29. The highest BCUT2D eigenvalue weighted by Crippen LogP contribution is 2.37. The van der Waals surface area contributed by atoms with Gasteiger partial charge < -0.3 is 14.0 Å². The van der Waals surface area contributed by atoms with Gasteiger partial charge in [0.25, 0.3) is 10.0 Å². The van der Waals surface area contributed by atoms with Gasteiger partial charge in [-0.25, -0.2) is 27.3 Å². The minimum Gasteiger partial charge on any atom is -0.490 e. The van der Waals surface area contributed by atoms with E-state index in [-0.39, 0.29) is 23.3 Å². The molecule has 2 heterocycles. The van der Waals surface area contributed by atoms with E-state index in [1.807, 2.05) is 48.3 Å². The zero-order valence-corrected chi connectivity index (χ0v) is 23.5. The van der Waals surface area contributed by atoms with E-state index in [1.54, 1.807) is 42.7 Å². The number of para-hydroxylation sites is 1. The van der Waals surface area contributed by atoms with E-state index in [0.29, 0.717) is 35.4 Å². The first-order valence-electron chi connectivity index (χ1n) is 12.4. The molecule has 2 aromatic carbocycles. The number of thiophene rings is 1. The van der Waals surface area contributed by atoms with Gasteiger partial charge in [0.2, 0.25) is 0 Å². The maximum Gasteiger partial charge on any atom is 0.421 e. The molecule has 0 aliphatic heterocycles. The summed E-state index contributed by atoms with van der Waals surface area (Å²) < 4.78 is 55.8. The van der Waals surface area contributed by atoms with Gasteiger partial charge in [0, 0.05) is 28.4 Å². The maximum absolute atomic E-state index is 15.1. The fourth-order valence-corrected chi connectivity index (χ4v) is 6.76. The minimum atomic E-state index is -4.29. The Morgan fingerprint density at radius 2 is 1.90 bits per heavy atom. The third-order valence-electron chi connectivity index (χ3n) is 5.78. The van der Waals surface area contributed by atoms with Gasteiger partial charge in [0.05, 0.1) is 6.54 Å². The Morgan fingerprint density at radius 1 is 1.13 bits per heavy atom. The number of imidazole rings is 1. The number of ether oxygens (including phenoxy) is 2. The van der Waals surface area contributed by atoms with Gasteiger partial charge in [-0.05, 0) is 49.1 Å². The molecule has 1 N–H and O–H groups in total. The molecule has 4 rings (SSSR count). The van der Waals surface area contributed by atoms with Crippen LogP contribution in [0.15, 0.2) is 71.2 Å². The second-order valence-electron chi connectivity index (χ2n) is 9.32. The van der Waals surface area contributed by atoms with Crippen molar-refractivity contribution in [1.82, 2.24) is 14.3 Å². The lowest BCUT2D eigenvalue weighted by molar-refractivity contribution is 0.130. The van der Waals surface area contributed by atoms with Crippen molar-refractivity contribution in [1.29, 1.82) is 0 Å². The molecular weight excluding hydrogens is 541 g/mol. The van der Waals surface area contributed by atoms with Gasteiger partial charge in [-0.3, -0.25) is 0 Å². The first kappa shape index (κ1) is 28.3. The van der Waals surface area contributed by atoms with Crippen LogP contribution in [0.5, 0.6) is 5.75 Å². The molecule has 11 heteroatoms. The van der Waals surface area contributed by atoms with Gasteiger partial charge in [-0.15, -0.1) is 11.3 Å². The average Bonchev–Trinajstić information content (AvgIpc) is 3.49. The summed E-state index contributed by atoms with van der Waals surface area (Å²) >= 11 is 1.06. The lowest BCUT2D eigenvalue weighted by Gasteiger charge is -2.11. The fraction of sp³-hybridized carbons (Fsp3) is 0.286. The number of halogens is 1. The van der Waals surface area contributed by atoms with Crippen molar-refractivity contribution < 1.29 is 27.1 Å². The lowest BCUT2D eigenvalue weighted by atomic mass is 10.0. The first-order valence-corrected chi connectivity index (χ1v) is 14.7. The number of sulfonamides is 1. The number of hydrogen-bond acceptors (Lipinski definition) is 7. The average molecular weight is 572 g/mol. The molecule has 39 heavy (non-hydrogen) atoms. The highest BCUT2D eigenvalue weighted by atomic mass is 32.2. The highest BCUT2D eigenvalue weighted by molar-refractivity contribution is 7.92. The molecule has 0 atom stereocenters. The van der Waals surface area contributed by atoms with Crippen LogP contribution in [-0.2, 0) is 27.7 Å². The van der Waals surface area contributed by atoms with Crippen molar-refractivity contribution in [3.05, 3.63) is 89.1 Å². The molecule has 0 aliphatic carbocycles. The number of carbonyl (C=O) groups excluding carboxylic acids is 1. The van der Waals surface area contributed by atoms with E-state index in [0.717, 1.165) is 22.0 Å². The Balaban J connectivity index is 1.51. The summed E-state index contributed by atoms with van der Waals surface area (Å²) in [6, 6.07) is 15.4. The van der Waals surface area contributed by atoms with Crippen molar-refractivity contribution >= 4 is 27.5 Å². The van der Waals surface area contributed by atoms with Gasteiger partial charge in [-0.1, -0.05) is 44.2 Å². The van der Waals surface area contributed by atoms with Crippen LogP contribution in [0, 0.1) is 18.7 Å². The fourth-order valence-electron chi connectivity index (χ4n) is 3.92. The molecule has 2 aromatic heterocycles. The van der Waals surface area contributed by atoms with Crippen molar-refractivity contribution in [2.75, 3.05) is 13.2 Å². The summed E-state index contributed by atoms with van der Waals surface area (Å²) in [6.45, 7) is 6.09. The van der Waals surface area contributed by atoms with Crippen LogP contribution in [-0.4, -0.2) is 37.3 Å². The van der Waals surface area contributed by atoms with Crippen LogP contribution in [0.4, 0.5) is 9.18 Å². The maximum atomic E-state index is 15.1. The van der Waals surface area contributed by atoms with E-state index < -0.39 is 21.9 Å². The topological polar surface area (TPSA) is 99.5 Å². The molecule has 8 nitrogen and oxygen atoms in total. The number of nitrogens with zero attached hydrogens (tertiary/aromatic N) is 2. The number of aryl methyl sites for hydroxylation is 1. The van der Waals surface area contributed by atoms with Crippen LogP contribution in [0.1, 0.15) is 30.1 Å². The number of amides is 1. The van der Waals surface area contributed by atoms with Crippen molar-refractivity contribution in [2.24, 2.45) is 5.92 Å². The summed E-state index contributed by atoms with van der Waals surface area (Å²) in [5.41, 5.74) is 1.17. The quantitative estimate of drug-likeness (QED) is 0.229. The zero-order valence-electron chi connectivity index (χ0n) is 21.9. The van der Waals surface area contributed by atoms with Crippen LogP contribution >= 0.6 is 11.3 Å². The Kier molecular flexibility index (Phi) is 9.03. The van der Waals surface area contributed by atoms with Crippen LogP contribution in [0.2, 0.25) is 0 Å². The molecule has 0 fully saturated rings. The van der Waals surface area contributed by atoms with Crippen molar-refractivity contribution in [3.63, 3.8) is 0 Å². The number of benzene rings is 2. The van der Waals surface area contributed by atoms with Gasteiger partial charge in [0.15, 0.2) is 0 Å². The molecule has 0 unspecified atom stereocenters. The Labute approximate surface area is 231 Å². The molecule has 0 spiro atoms. The summed E-state index contributed by atoms with van der Waals surface area (Å²) in [5.74, 6) is 1.17. The number of hydrogen-bond donors (Lipinski definition) is 1. The second-order valence-corrected chi connectivity index (χ2v) is 12.3. The predicted molar refractivity (Wildman–Crippen MR) is 148 cm³/mol. The molecule has 0 aliphatic rings. The third-order valence-corrected chi connectivity index (χ3v) is 8.78. The Hall–Kier alpha value is -3.70. The van der Waals surface area contributed by atoms with E-state index in [2.05, 4.69) is 4.98 Å². The Bertz CT molecular complexity index is 1530. The minimum absolute atomic E-state index is 0.0600. The van der Waals surface area contributed by atoms with Crippen molar-refractivity contribution in [2.45, 2.75) is 37.9 Å². The van der Waals surface area contributed by atoms with Crippen molar-refractivity contribution in [3.8, 4) is 16.9 Å². The van der Waals surface area contributed by atoms with E-state index >= 15 is 4.39 Å². The SMILES string of the molecule is Cc1nccn1Cc1ccc(-c2cc(CC(C)C)sc2S(=O)(=O)NC(=O)OCCOc2ccccc2)cc1F. The van der Waals surface area contributed by atoms with E-state index in [1.165, 1.54) is 6.07 Å². The molecule has 206 valence electrons. The van der Waals surface area contributed by atoms with Crippen LogP contribution in [0.25, 0.3) is 11.1 Å². The summed E-state index contributed by atoms with van der Waals surface area (Å²) in [6.07, 6.45) is 2.93. The van der Waals surface area contributed by atoms with Gasteiger partial charge in [0.1, 0.15) is 34.8 Å². The summed E-state index contributed by atoms with van der Waals surface area (Å²) in [4.78, 5) is 17.3. The predicted octanol–water partition coefficient (Wildman–Crippen LogP) is 5.80. The number of nitrogens with one attached hydrogen (secondary N) is 1. The molecular formula is C28H30FN3O5S2. The number of rotatable bonds is 11.